The molecule has 0 saturated carbocycles. The highest BCUT2D eigenvalue weighted by Crippen LogP contribution is 2.29. The number of halogens is 1. The predicted molar refractivity (Wildman–Crippen MR) is 84.3 cm³/mol. The van der Waals surface area contributed by atoms with Crippen molar-refractivity contribution in [1.29, 1.82) is 0 Å². The molecule has 0 aliphatic carbocycles. The zero-order chi connectivity index (χ0) is 14.8. The van der Waals surface area contributed by atoms with E-state index in [4.69, 9.17) is 0 Å². The Hall–Kier alpha value is 0.0500. The molecular weight excluding hydrogens is 348 g/mol. The molecule has 1 N–H and O–H groups in total. The zero-order valence-electron chi connectivity index (χ0n) is 11.9. The van der Waals surface area contributed by atoms with E-state index >= 15 is 0 Å². The van der Waals surface area contributed by atoms with Crippen molar-refractivity contribution >= 4 is 37.3 Å². The minimum Gasteiger partial charge on any atom is -0.309 e. The Labute approximate surface area is 128 Å². The second kappa shape index (κ2) is 6.22. The zero-order valence-corrected chi connectivity index (χ0v) is 15.2. The number of hydrogen-bond donors (Lipinski definition) is 1. The van der Waals surface area contributed by atoms with Gasteiger partial charge >= 0.3 is 0 Å². The summed E-state index contributed by atoms with van der Waals surface area (Å²) in [6, 6.07) is 1.65. The Morgan fingerprint density at radius 1 is 1.42 bits per heavy atom. The Morgan fingerprint density at radius 3 is 2.42 bits per heavy atom. The molecule has 0 saturated heterocycles. The third kappa shape index (κ3) is 5.15. The number of nitrogens with zero attached hydrogens (tertiary/aromatic N) is 1. The van der Waals surface area contributed by atoms with Crippen LogP contribution in [-0.4, -0.2) is 40.5 Å². The van der Waals surface area contributed by atoms with Gasteiger partial charge in [0, 0.05) is 18.0 Å². The van der Waals surface area contributed by atoms with Crippen molar-refractivity contribution in [2.45, 2.75) is 25.7 Å². The van der Waals surface area contributed by atoms with Crippen LogP contribution in [0.2, 0.25) is 0 Å². The van der Waals surface area contributed by atoms with E-state index in [9.17, 15) is 8.42 Å². The molecule has 0 amide bonds. The Bertz CT molecular complexity index is 536. The Kier molecular flexibility index (Phi) is 5.60. The molecule has 110 valence electrons. The molecule has 0 bridgehead atoms. The SMILES string of the molecule is Cc1sc(Br)cc1S(=O)(=O)NCC(C)(C)CN(C)C. The second-order valence-corrected chi connectivity index (χ2v) is 10.1. The van der Waals surface area contributed by atoms with Crippen molar-refractivity contribution in [3.8, 4) is 0 Å². The number of thiophene rings is 1. The lowest BCUT2D eigenvalue weighted by Gasteiger charge is -2.28. The van der Waals surface area contributed by atoms with Gasteiger partial charge in [0.1, 0.15) is 0 Å². The maximum atomic E-state index is 12.3. The molecule has 1 rings (SSSR count). The molecule has 1 aromatic rings. The molecule has 0 spiro atoms. The van der Waals surface area contributed by atoms with E-state index in [0.29, 0.717) is 11.4 Å². The summed E-state index contributed by atoms with van der Waals surface area (Å²) in [5.74, 6) is 0. The average molecular weight is 369 g/mol. The number of hydrogen-bond acceptors (Lipinski definition) is 4. The highest BCUT2D eigenvalue weighted by Gasteiger charge is 2.25. The summed E-state index contributed by atoms with van der Waals surface area (Å²) in [5, 5.41) is 0. The van der Waals surface area contributed by atoms with Gasteiger partial charge in [-0.25, -0.2) is 13.1 Å². The van der Waals surface area contributed by atoms with Crippen LogP contribution in [-0.2, 0) is 10.0 Å². The van der Waals surface area contributed by atoms with Gasteiger partial charge in [0.25, 0.3) is 0 Å². The van der Waals surface area contributed by atoms with Crippen molar-refractivity contribution in [2.24, 2.45) is 5.41 Å². The maximum Gasteiger partial charge on any atom is 0.241 e. The van der Waals surface area contributed by atoms with Gasteiger partial charge in [-0.1, -0.05) is 13.8 Å². The van der Waals surface area contributed by atoms with Crippen LogP contribution in [0.5, 0.6) is 0 Å². The van der Waals surface area contributed by atoms with Crippen molar-refractivity contribution in [1.82, 2.24) is 9.62 Å². The van der Waals surface area contributed by atoms with Crippen molar-refractivity contribution < 1.29 is 8.42 Å². The maximum absolute atomic E-state index is 12.3. The lowest BCUT2D eigenvalue weighted by molar-refractivity contribution is 0.242. The summed E-state index contributed by atoms with van der Waals surface area (Å²) in [7, 11) is 0.538. The van der Waals surface area contributed by atoms with Gasteiger partial charge < -0.3 is 4.90 Å². The first-order chi connectivity index (χ1) is 8.53. The lowest BCUT2D eigenvalue weighted by Crippen LogP contribution is -2.39. The second-order valence-electron chi connectivity index (χ2n) is 5.70. The molecule has 0 aliphatic heterocycles. The van der Waals surface area contributed by atoms with Crippen LogP contribution >= 0.6 is 27.3 Å². The van der Waals surface area contributed by atoms with Gasteiger partial charge in [-0.15, -0.1) is 11.3 Å². The van der Waals surface area contributed by atoms with E-state index in [0.717, 1.165) is 15.2 Å². The van der Waals surface area contributed by atoms with Gasteiger partial charge in [-0.05, 0) is 48.4 Å². The molecule has 0 aromatic carbocycles. The van der Waals surface area contributed by atoms with Gasteiger partial charge in [-0.3, -0.25) is 0 Å². The van der Waals surface area contributed by atoms with Crippen LogP contribution in [0.25, 0.3) is 0 Å². The topological polar surface area (TPSA) is 49.4 Å². The molecule has 4 nitrogen and oxygen atoms in total. The summed E-state index contributed by atoms with van der Waals surface area (Å²) in [6.45, 7) is 7.15. The fraction of sp³-hybridized carbons (Fsp3) is 0.667. The van der Waals surface area contributed by atoms with E-state index < -0.39 is 10.0 Å². The van der Waals surface area contributed by atoms with Crippen molar-refractivity contribution in [2.75, 3.05) is 27.2 Å². The summed E-state index contributed by atoms with van der Waals surface area (Å²) in [4.78, 5) is 3.22. The van der Waals surface area contributed by atoms with Gasteiger partial charge in [0.05, 0.1) is 8.68 Å². The first-order valence-electron chi connectivity index (χ1n) is 5.94. The van der Waals surface area contributed by atoms with Crippen molar-refractivity contribution in [3.63, 3.8) is 0 Å². The number of aryl methyl sites for hydroxylation is 1. The van der Waals surface area contributed by atoms with Gasteiger partial charge in [0.15, 0.2) is 0 Å². The number of rotatable bonds is 6. The standard InChI is InChI=1S/C12H21BrN2O2S2/c1-9-10(6-11(13)18-9)19(16,17)14-7-12(2,3)8-15(4)5/h6,14H,7-8H2,1-5H3. The molecule has 0 unspecified atom stereocenters. The highest BCUT2D eigenvalue weighted by molar-refractivity contribution is 9.11. The molecule has 1 heterocycles. The van der Waals surface area contributed by atoms with Gasteiger partial charge in [0.2, 0.25) is 10.0 Å². The van der Waals surface area contributed by atoms with Crippen LogP contribution in [0.1, 0.15) is 18.7 Å². The summed E-state index contributed by atoms with van der Waals surface area (Å²) in [5.41, 5.74) is -0.113. The van der Waals surface area contributed by atoms with Crippen LogP contribution in [0.15, 0.2) is 14.7 Å². The quantitative estimate of drug-likeness (QED) is 0.839. The van der Waals surface area contributed by atoms with Crippen molar-refractivity contribution in [3.05, 3.63) is 14.7 Å². The molecule has 0 radical (unpaired) electrons. The number of nitrogens with one attached hydrogen (secondary N) is 1. The third-order valence-corrected chi connectivity index (χ3v) is 5.83. The van der Waals surface area contributed by atoms with Gasteiger partial charge in [-0.2, -0.15) is 0 Å². The summed E-state index contributed by atoms with van der Waals surface area (Å²) >= 11 is 4.75. The lowest BCUT2D eigenvalue weighted by atomic mass is 9.93. The normalized spacial score (nSPS) is 13.2. The fourth-order valence-corrected chi connectivity index (χ4v) is 5.63. The van der Waals surface area contributed by atoms with Crippen LogP contribution in [0, 0.1) is 12.3 Å². The van der Waals surface area contributed by atoms with E-state index in [2.05, 4.69) is 25.6 Å². The van der Waals surface area contributed by atoms with E-state index in [1.165, 1.54) is 11.3 Å². The third-order valence-electron chi connectivity index (χ3n) is 2.62. The van der Waals surface area contributed by atoms with Crippen LogP contribution < -0.4 is 4.72 Å². The largest absolute Gasteiger partial charge is 0.309 e. The minimum atomic E-state index is -3.43. The van der Waals surface area contributed by atoms with E-state index in [1.54, 1.807) is 6.07 Å². The summed E-state index contributed by atoms with van der Waals surface area (Å²) < 4.78 is 28.1. The molecule has 0 atom stereocenters. The number of sulfonamides is 1. The molecule has 0 aliphatic rings. The monoisotopic (exact) mass is 368 g/mol. The smallest absolute Gasteiger partial charge is 0.241 e. The van der Waals surface area contributed by atoms with E-state index in [-0.39, 0.29) is 5.41 Å². The fourth-order valence-electron chi connectivity index (χ4n) is 1.98. The molecular formula is C12H21BrN2O2S2. The molecule has 1 aromatic heterocycles. The molecule has 0 fully saturated rings. The van der Waals surface area contributed by atoms with Crippen LogP contribution in [0.3, 0.4) is 0 Å². The first kappa shape index (κ1) is 17.1. The molecule has 19 heavy (non-hydrogen) atoms. The molecule has 7 heteroatoms. The first-order valence-corrected chi connectivity index (χ1v) is 9.03. The predicted octanol–water partition coefficient (Wildman–Crippen LogP) is 2.69. The van der Waals surface area contributed by atoms with Crippen LogP contribution in [0.4, 0.5) is 0 Å². The summed E-state index contributed by atoms with van der Waals surface area (Å²) in [6.07, 6.45) is 0. The average Bonchev–Trinajstić information content (AvgIpc) is 2.54. The Balaban J connectivity index is 2.79. The van der Waals surface area contributed by atoms with E-state index in [1.807, 2.05) is 34.9 Å². The minimum absolute atomic E-state index is 0.113. The highest BCUT2D eigenvalue weighted by atomic mass is 79.9. The Morgan fingerprint density at radius 2 is 2.00 bits per heavy atom.